The molecule has 1 saturated heterocycles. The summed E-state index contributed by atoms with van der Waals surface area (Å²) in [5.41, 5.74) is 2.55. The highest BCUT2D eigenvalue weighted by Gasteiger charge is 2.32. The molecule has 0 amide bonds. The molecule has 0 bridgehead atoms. The standard InChI is InChI=1S/C22H22F3N5/c23-22(24,25)15-30-10-4-5-16(14-30)8-9-20-26-13-19(29-20)18-11-27-21(28-12-18)17-6-2-1-3-7-17/h1-3,6-9,11-13,16H,4-5,10,14-15H2,(H,26,29)/t16-/m0/s1. The monoisotopic (exact) mass is 413 g/mol. The maximum absolute atomic E-state index is 12.6. The van der Waals surface area contributed by atoms with Crippen LogP contribution >= 0.6 is 0 Å². The van der Waals surface area contributed by atoms with Gasteiger partial charge < -0.3 is 4.98 Å². The molecule has 4 rings (SSSR count). The average Bonchev–Trinajstić information content (AvgIpc) is 3.21. The van der Waals surface area contributed by atoms with Crippen LogP contribution in [0.25, 0.3) is 28.7 Å². The van der Waals surface area contributed by atoms with Gasteiger partial charge in [0.2, 0.25) is 0 Å². The van der Waals surface area contributed by atoms with Crippen LogP contribution in [0.5, 0.6) is 0 Å². The summed E-state index contributed by atoms with van der Waals surface area (Å²) in [7, 11) is 0. The van der Waals surface area contributed by atoms with E-state index in [9.17, 15) is 13.2 Å². The number of nitrogens with one attached hydrogen (secondary N) is 1. The van der Waals surface area contributed by atoms with Gasteiger partial charge in [-0.1, -0.05) is 36.4 Å². The van der Waals surface area contributed by atoms with Gasteiger partial charge in [0.15, 0.2) is 5.82 Å². The smallest absolute Gasteiger partial charge is 0.338 e. The lowest BCUT2D eigenvalue weighted by atomic mass is 9.97. The van der Waals surface area contributed by atoms with Crippen molar-refractivity contribution >= 4 is 6.08 Å². The van der Waals surface area contributed by atoms with E-state index in [1.807, 2.05) is 42.5 Å². The van der Waals surface area contributed by atoms with Crippen LogP contribution < -0.4 is 0 Å². The van der Waals surface area contributed by atoms with Gasteiger partial charge in [0.05, 0.1) is 18.4 Å². The zero-order valence-electron chi connectivity index (χ0n) is 16.3. The maximum atomic E-state index is 12.6. The zero-order chi connectivity index (χ0) is 21.0. The van der Waals surface area contributed by atoms with Crippen LogP contribution in [0, 0.1) is 5.92 Å². The number of nitrogens with zero attached hydrogens (tertiary/aromatic N) is 4. The number of piperidine rings is 1. The van der Waals surface area contributed by atoms with Gasteiger partial charge in [0, 0.05) is 30.1 Å². The predicted molar refractivity (Wildman–Crippen MR) is 109 cm³/mol. The van der Waals surface area contributed by atoms with Crippen molar-refractivity contribution in [2.24, 2.45) is 5.92 Å². The van der Waals surface area contributed by atoms with E-state index in [4.69, 9.17) is 0 Å². The SMILES string of the molecule is FC(F)(F)CN1CCC[C@@H](C=Cc2ncc(-c3cnc(-c4ccccc4)nc3)[nH]2)C1. The lowest BCUT2D eigenvalue weighted by molar-refractivity contribution is -0.148. The van der Waals surface area contributed by atoms with Gasteiger partial charge in [-0.3, -0.25) is 4.90 Å². The molecule has 0 unspecified atom stereocenters. The molecule has 0 radical (unpaired) electrons. The Kier molecular flexibility index (Phi) is 5.94. The Labute approximate surface area is 172 Å². The largest absolute Gasteiger partial charge is 0.401 e. The van der Waals surface area contributed by atoms with Crippen molar-refractivity contribution in [1.29, 1.82) is 0 Å². The number of benzene rings is 1. The molecule has 3 aromatic rings. The average molecular weight is 413 g/mol. The lowest BCUT2D eigenvalue weighted by Gasteiger charge is -2.31. The zero-order valence-corrected chi connectivity index (χ0v) is 16.3. The summed E-state index contributed by atoms with van der Waals surface area (Å²) < 4.78 is 37.9. The third-order valence-electron chi connectivity index (χ3n) is 5.06. The summed E-state index contributed by atoms with van der Waals surface area (Å²) >= 11 is 0. The minimum Gasteiger partial charge on any atom is -0.338 e. The van der Waals surface area contributed by atoms with Crippen LogP contribution in [0.15, 0.2) is 55.0 Å². The number of alkyl halides is 3. The molecule has 1 atom stereocenters. The highest BCUT2D eigenvalue weighted by atomic mass is 19.4. The van der Waals surface area contributed by atoms with Gasteiger partial charge in [0.25, 0.3) is 0 Å². The first-order chi connectivity index (χ1) is 14.5. The fourth-order valence-electron chi connectivity index (χ4n) is 3.64. The molecule has 1 N–H and O–H groups in total. The van der Waals surface area contributed by atoms with E-state index in [0.29, 0.717) is 24.7 Å². The van der Waals surface area contributed by atoms with Crippen LogP contribution in [0.4, 0.5) is 13.2 Å². The number of aromatic nitrogens is 4. The van der Waals surface area contributed by atoms with Crippen LogP contribution in [-0.4, -0.2) is 50.6 Å². The van der Waals surface area contributed by atoms with E-state index in [-0.39, 0.29) is 5.92 Å². The second-order valence-corrected chi connectivity index (χ2v) is 7.46. The molecular weight excluding hydrogens is 391 g/mol. The minimum atomic E-state index is -4.15. The van der Waals surface area contributed by atoms with Gasteiger partial charge in [-0.2, -0.15) is 13.2 Å². The summed E-state index contributed by atoms with van der Waals surface area (Å²) in [5, 5.41) is 0. The lowest BCUT2D eigenvalue weighted by Crippen LogP contribution is -2.40. The third kappa shape index (κ3) is 5.33. The number of likely N-dealkylation sites (tertiary alicyclic amines) is 1. The van der Waals surface area contributed by atoms with Gasteiger partial charge >= 0.3 is 6.18 Å². The highest BCUT2D eigenvalue weighted by Crippen LogP contribution is 2.24. The number of H-pyrrole nitrogens is 1. The fourth-order valence-corrected chi connectivity index (χ4v) is 3.64. The molecule has 0 spiro atoms. The molecule has 5 nitrogen and oxygen atoms in total. The van der Waals surface area contributed by atoms with Crippen LogP contribution in [0.3, 0.4) is 0 Å². The van der Waals surface area contributed by atoms with Crippen molar-refractivity contribution in [3.63, 3.8) is 0 Å². The molecule has 2 aromatic heterocycles. The Morgan fingerprint density at radius 2 is 1.80 bits per heavy atom. The predicted octanol–water partition coefficient (Wildman–Crippen LogP) is 4.82. The van der Waals surface area contributed by atoms with E-state index >= 15 is 0 Å². The Morgan fingerprint density at radius 3 is 2.53 bits per heavy atom. The quantitative estimate of drug-likeness (QED) is 0.652. The molecule has 1 aliphatic heterocycles. The first-order valence-electron chi connectivity index (χ1n) is 9.86. The molecule has 8 heteroatoms. The number of hydrogen-bond acceptors (Lipinski definition) is 4. The number of imidazole rings is 1. The van der Waals surface area contributed by atoms with Gasteiger partial charge in [-0.15, -0.1) is 0 Å². The Bertz CT molecular complexity index is 980. The minimum absolute atomic E-state index is 0.0862. The highest BCUT2D eigenvalue weighted by molar-refractivity contribution is 5.61. The topological polar surface area (TPSA) is 57.7 Å². The normalized spacial score (nSPS) is 18.2. The Balaban J connectivity index is 1.39. The number of aromatic amines is 1. The second kappa shape index (κ2) is 8.79. The molecule has 3 heterocycles. The van der Waals surface area contributed by atoms with E-state index in [1.54, 1.807) is 18.6 Å². The van der Waals surface area contributed by atoms with Gasteiger partial charge in [-0.05, 0) is 31.4 Å². The summed E-state index contributed by atoms with van der Waals surface area (Å²) in [4.78, 5) is 17.9. The summed E-state index contributed by atoms with van der Waals surface area (Å²) in [6.45, 7) is 0.0628. The number of hydrogen-bond donors (Lipinski definition) is 1. The molecule has 1 aromatic carbocycles. The van der Waals surface area contributed by atoms with Crippen molar-refractivity contribution in [3.05, 3.63) is 60.8 Å². The Morgan fingerprint density at radius 1 is 1.03 bits per heavy atom. The molecule has 30 heavy (non-hydrogen) atoms. The first kappa shape index (κ1) is 20.3. The first-order valence-corrected chi connectivity index (χ1v) is 9.86. The molecular formula is C22H22F3N5. The van der Waals surface area contributed by atoms with E-state index < -0.39 is 12.7 Å². The van der Waals surface area contributed by atoms with Crippen molar-refractivity contribution in [2.45, 2.75) is 19.0 Å². The molecule has 156 valence electrons. The molecule has 0 saturated carbocycles. The van der Waals surface area contributed by atoms with Crippen LogP contribution in [-0.2, 0) is 0 Å². The molecule has 0 aliphatic carbocycles. The fraction of sp³-hybridized carbons (Fsp3) is 0.318. The summed E-state index contributed by atoms with van der Waals surface area (Å²) in [5.74, 6) is 1.40. The second-order valence-electron chi connectivity index (χ2n) is 7.46. The number of rotatable bonds is 5. The van der Waals surface area contributed by atoms with Crippen molar-refractivity contribution in [3.8, 4) is 22.6 Å². The van der Waals surface area contributed by atoms with Gasteiger partial charge in [-0.25, -0.2) is 15.0 Å². The van der Waals surface area contributed by atoms with Crippen molar-refractivity contribution < 1.29 is 13.2 Å². The summed E-state index contributed by atoms with van der Waals surface area (Å²) in [6, 6.07) is 9.73. The third-order valence-corrected chi connectivity index (χ3v) is 5.06. The molecule has 1 fully saturated rings. The van der Waals surface area contributed by atoms with Crippen molar-refractivity contribution in [2.75, 3.05) is 19.6 Å². The maximum Gasteiger partial charge on any atom is 0.401 e. The Hall–Kier alpha value is -3.00. The summed E-state index contributed by atoms with van der Waals surface area (Å²) in [6.07, 6.45) is 6.47. The van der Waals surface area contributed by atoms with Crippen LogP contribution in [0.1, 0.15) is 18.7 Å². The van der Waals surface area contributed by atoms with Crippen molar-refractivity contribution in [1.82, 2.24) is 24.8 Å². The van der Waals surface area contributed by atoms with Crippen LogP contribution in [0.2, 0.25) is 0 Å². The number of halogens is 3. The van der Waals surface area contributed by atoms with E-state index in [0.717, 1.165) is 29.7 Å². The molecule has 1 aliphatic rings. The van der Waals surface area contributed by atoms with E-state index in [2.05, 4.69) is 19.9 Å². The van der Waals surface area contributed by atoms with Gasteiger partial charge in [0.1, 0.15) is 5.82 Å². The van der Waals surface area contributed by atoms with E-state index in [1.165, 1.54) is 4.90 Å².